The molecule has 0 amide bonds. The third-order valence-electron chi connectivity index (χ3n) is 6.50. The average molecular weight is 488 g/mol. The molecule has 0 radical (unpaired) electrons. The molecular weight excluding hydrogens is 458 g/mol. The van der Waals surface area contributed by atoms with Gasteiger partial charge in [-0.2, -0.15) is 9.97 Å². The summed E-state index contributed by atoms with van der Waals surface area (Å²) in [7, 11) is 0. The predicted octanol–water partition coefficient (Wildman–Crippen LogP) is 3.47. The fraction of sp³-hybridized carbons (Fsp3) is 0.385. The van der Waals surface area contributed by atoms with E-state index in [9.17, 15) is 5.11 Å². The number of nitrogens with one attached hydrogen (secondary N) is 1. The largest absolute Gasteiger partial charge is 0.506 e. The maximum absolute atomic E-state index is 10.2. The maximum atomic E-state index is 10.2. The summed E-state index contributed by atoms with van der Waals surface area (Å²) >= 11 is 0. The van der Waals surface area contributed by atoms with Gasteiger partial charge in [0.1, 0.15) is 28.7 Å². The minimum Gasteiger partial charge on any atom is -0.506 e. The van der Waals surface area contributed by atoms with E-state index in [4.69, 9.17) is 24.4 Å². The van der Waals surface area contributed by atoms with Gasteiger partial charge in [-0.3, -0.25) is 0 Å². The van der Waals surface area contributed by atoms with Crippen LogP contribution in [-0.4, -0.2) is 76.6 Å². The molecule has 5 heterocycles. The highest BCUT2D eigenvalue weighted by Crippen LogP contribution is 2.30. The predicted molar refractivity (Wildman–Crippen MR) is 139 cm³/mol. The van der Waals surface area contributed by atoms with Crippen molar-refractivity contribution >= 4 is 45.3 Å². The number of rotatable bonds is 4. The normalized spacial score (nSPS) is 20.7. The summed E-state index contributed by atoms with van der Waals surface area (Å²) in [6.45, 7) is 8.46. The van der Waals surface area contributed by atoms with Gasteiger partial charge in [0.05, 0.1) is 30.8 Å². The van der Waals surface area contributed by atoms with Crippen molar-refractivity contribution in [3.05, 3.63) is 42.5 Å². The van der Waals surface area contributed by atoms with E-state index < -0.39 is 0 Å². The number of fused-ring (bicyclic) bond motifs is 2. The summed E-state index contributed by atoms with van der Waals surface area (Å²) in [6.07, 6.45) is 0.187. The van der Waals surface area contributed by atoms with Crippen molar-refractivity contribution in [3.63, 3.8) is 0 Å². The molecule has 0 saturated carbocycles. The number of hydrogen-bond donors (Lipinski definition) is 2. The molecule has 0 spiro atoms. The highest BCUT2D eigenvalue weighted by molar-refractivity contribution is 5.90. The van der Waals surface area contributed by atoms with Gasteiger partial charge >= 0.3 is 0 Å². The van der Waals surface area contributed by atoms with Gasteiger partial charge in [0.2, 0.25) is 5.95 Å². The number of para-hydroxylation sites is 1. The Balaban J connectivity index is 1.39. The second kappa shape index (κ2) is 9.36. The number of morpholine rings is 2. The Morgan fingerprint density at radius 2 is 1.61 bits per heavy atom. The summed E-state index contributed by atoms with van der Waals surface area (Å²) < 4.78 is 11.5. The Bertz CT molecular complexity index is 1400. The van der Waals surface area contributed by atoms with E-state index in [0.29, 0.717) is 42.0 Å². The van der Waals surface area contributed by atoms with Gasteiger partial charge in [0.15, 0.2) is 5.65 Å². The number of aromatic hydroxyl groups is 1. The standard InChI is InChI=1S/C26H29N7O3/c1-16-14-33(15-17(2)36-16)26-30-24-19(25(31-26)32-10-12-35-13-11-32)7-9-22(29-24)27-21-8-6-18-4-3-5-20(34)23(18)28-21/h3-9,16-17,34H,10-15H2,1-2H3,(H,27,28,29,30,31). The van der Waals surface area contributed by atoms with Crippen LogP contribution < -0.4 is 15.1 Å². The first-order valence-corrected chi connectivity index (χ1v) is 12.3. The molecule has 3 aromatic heterocycles. The zero-order valence-corrected chi connectivity index (χ0v) is 20.4. The topological polar surface area (TPSA) is 109 Å². The van der Waals surface area contributed by atoms with Crippen molar-refractivity contribution in [2.24, 2.45) is 0 Å². The van der Waals surface area contributed by atoms with E-state index in [2.05, 4.69) is 33.9 Å². The van der Waals surface area contributed by atoms with Gasteiger partial charge in [0, 0.05) is 31.6 Å². The summed E-state index contributed by atoms with van der Waals surface area (Å²) in [5.74, 6) is 2.88. The molecule has 2 saturated heterocycles. The van der Waals surface area contributed by atoms with Gasteiger partial charge in [-0.15, -0.1) is 0 Å². The molecule has 2 aliphatic rings. The number of hydrogen-bond acceptors (Lipinski definition) is 10. The lowest BCUT2D eigenvalue weighted by Crippen LogP contribution is -2.46. The fourth-order valence-electron chi connectivity index (χ4n) is 4.88. The quantitative estimate of drug-likeness (QED) is 0.444. The van der Waals surface area contributed by atoms with E-state index in [0.717, 1.165) is 42.8 Å². The lowest BCUT2D eigenvalue weighted by Gasteiger charge is -2.36. The van der Waals surface area contributed by atoms with E-state index in [1.807, 2.05) is 30.3 Å². The van der Waals surface area contributed by atoms with E-state index in [1.54, 1.807) is 12.1 Å². The molecule has 1 aromatic carbocycles. The second-order valence-electron chi connectivity index (χ2n) is 9.35. The molecular formula is C26H29N7O3. The average Bonchev–Trinajstić information content (AvgIpc) is 2.88. The molecule has 2 fully saturated rings. The lowest BCUT2D eigenvalue weighted by molar-refractivity contribution is -0.00570. The number of ether oxygens (including phenoxy) is 2. The lowest BCUT2D eigenvalue weighted by atomic mass is 10.2. The molecule has 10 heteroatoms. The minimum atomic E-state index is 0.0937. The SMILES string of the molecule is CC1CN(c2nc(N3CCOCC3)c3ccc(Nc4ccc5cccc(O)c5n4)nc3n2)CC(C)O1. The van der Waals surface area contributed by atoms with Crippen LogP contribution in [0.5, 0.6) is 5.75 Å². The van der Waals surface area contributed by atoms with E-state index in [-0.39, 0.29) is 18.0 Å². The van der Waals surface area contributed by atoms with Crippen LogP contribution in [0, 0.1) is 0 Å². The number of anilines is 4. The van der Waals surface area contributed by atoms with Gasteiger partial charge in [0.25, 0.3) is 0 Å². The number of benzene rings is 1. The van der Waals surface area contributed by atoms with Crippen LogP contribution in [0.2, 0.25) is 0 Å². The summed E-state index contributed by atoms with van der Waals surface area (Å²) in [6, 6.07) is 13.0. The molecule has 36 heavy (non-hydrogen) atoms. The molecule has 2 atom stereocenters. The van der Waals surface area contributed by atoms with Crippen LogP contribution in [-0.2, 0) is 9.47 Å². The molecule has 2 N–H and O–H groups in total. The van der Waals surface area contributed by atoms with Gasteiger partial charge in [-0.25, -0.2) is 9.97 Å². The van der Waals surface area contributed by atoms with E-state index in [1.165, 1.54) is 0 Å². The van der Waals surface area contributed by atoms with Crippen LogP contribution in [0.25, 0.3) is 21.9 Å². The molecule has 4 aromatic rings. The van der Waals surface area contributed by atoms with Crippen LogP contribution in [0.15, 0.2) is 42.5 Å². The molecule has 6 rings (SSSR count). The van der Waals surface area contributed by atoms with Gasteiger partial charge in [-0.1, -0.05) is 12.1 Å². The Morgan fingerprint density at radius 3 is 2.42 bits per heavy atom. The van der Waals surface area contributed by atoms with Crippen molar-refractivity contribution in [2.75, 3.05) is 54.5 Å². The number of phenols is 1. The van der Waals surface area contributed by atoms with Crippen LogP contribution >= 0.6 is 0 Å². The van der Waals surface area contributed by atoms with Crippen LogP contribution in [0.3, 0.4) is 0 Å². The Kier molecular flexibility index (Phi) is 5.90. The Morgan fingerprint density at radius 1 is 0.861 bits per heavy atom. The van der Waals surface area contributed by atoms with Crippen LogP contribution in [0.4, 0.5) is 23.4 Å². The zero-order chi connectivity index (χ0) is 24.6. The smallest absolute Gasteiger partial charge is 0.229 e. The van der Waals surface area contributed by atoms with Crippen molar-refractivity contribution in [1.29, 1.82) is 0 Å². The summed E-state index contributed by atoms with van der Waals surface area (Å²) in [5.41, 5.74) is 1.15. The van der Waals surface area contributed by atoms with Crippen molar-refractivity contribution in [1.82, 2.24) is 19.9 Å². The number of aromatic nitrogens is 4. The first kappa shape index (κ1) is 22.7. The minimum absolute atomic E-state index is 0.0937. The van der Waals surface area contributed by atoms with Crippen LogP contribution in [0.1, 0.15) is 13.8 Å². The molecule has 186 valence electrons. The number of pyridine rings is 2. The third kappa shape index (κ3) is 4.45. The Labute approximate surface area is 208 Å². The maximum Gasteiger partial charge on any atom is 0.229 e. The molecule has 2 aliphatic heterocycles. The van der Waals surface area contributed by atoms with Crippen molar-refractivity contribution in [3.8, 4) is 5.75 Å². The van der Waals surface area contributed by atoms with Crippen molar-refractivity contribution < 1.29 is 14.6 Å². The first-order chi connectivity index (χ1) is 17.5. The molecule has 0 bridgehead atoms. The molecule has 0 aliphatic carbocycles. The fourth-order valence-corrected chi connectivity index (χ4v) is 4.88. The number of phenolic OH excluding ortho intramolecular Hbond substituents is 1. The molecule has 10 nitrogen and oxygen atoms in total. The highest BCUT2D eigenvalue weighted by atomic mass is 16.5. The molecule has 2 unspecified atom stereocenters. The zero-order valence-electron chi connectivity index (χ0n) is 20.4. The third-order valence-corrected chi connectivity index (χ3v) is 6.50. The highest BCUT2D eigenvalue weighted by Gasteiger charge is 2.26. The van der Waals surface area contributed by atoms with Gasteiger partial charge in [-0.05, 0) is 44.2 Å². The van der Waals surface area contributed by atoms with Gasteiger partial charge < -0.3 is 29.7 Å². The first-order valence-electron chi connectivity index (χ1n) is 12.3. The Hall–Kier alpha value is -3.76. The summed E-state index contributed by atoms with van der Waals surface area (Å²) in [4.78, 5) is 23.7. The van der Waals surface area contributed by atoms with E-state index >= 15 is 0 Å². The second-order valence-corrected chi connectivity index (χ2v) is 9.35. The summed E-state index contributed by atoms with van der Waals surface area (Å²) in [5, 5.41) is 15.2. The number of nitrogens with zero attached hydrogens (tertiary/aromatic N) is 6. The monoisotopic (exact) mass is 487 g/mol. The van der Waals surface area contributed by atoms with Crippen molar-refractivity contribution in [2.45, 2.75) is 26.1 Å².